The van der Waals surface area contributed by atoms with E-state index in [0.29, 0.717) is 32.6 Å². The molecule has 0 spiro atoms. The highest BCUT2D eigenvalue weighted by Crippen LogP contribution is 2.31. The average Bonchev–Trinajstić information content (AvgIpc) is 3.20. The summed E-state index contributed by atoms with van der Waals surface area (Å²) in [5.41, 5.74) is 2.76. The Labute approximate surface area is 195 Å². The zero-order valence-electron chi connectivity index (χ0n) is 16.2. The van der Waals surface area contributed by atoms with E-state index in [1.165, 1.54) is 0 Å². The molecule has 4 rings (SSSR count). The Kier molecular flexibility index (Phi) is 6.53. The third-order valence-electron chi connectivity index (χ3n) is 5.06. The molecule has 2 aromatic carbocycles. The summed E-state index contributed by atoms with van der Waals surface area (Å²) in [5.74, 6) is 1.89. The first-order valence-electron chi connectivity index (χ1n) is 9.49. The van der Waals surface area contributed by atoms with Gasteiger partial charge < -0.3 is 15.5 Å². The Hall–Kier alpha value is -1.80. The number of halogens is 2. The lowest BCUT2D eigenvalue weighted by Gasteiger charge is -2.23. The number of aliphatic imine (C=N–C) groups is 1. The van der Waals surface area contributed by atoms with E-state index in [9.17, 15) is 4.79 Å². The van der Waals surface area contributed by atoms with E-state index in [1.54, 1.807) is 30.1 Å². The van der Waals surface area contributed by atoms with Crippen LogP contribution in [-0.2, 0) is 4.79 Å². The number of nitrogens with one attached hydrogen (secondary N) is 2. The molecule has 2 aliphatic heterocycles. The first kappa shape index (κ1) is 21.4. The van der Waals surface area contributed by atoms with Gasteiger partial charge in [-0.15, -0.1) is 0 Å². The van der Waals surface area contributed by atoms with E-state index in [1.807, 2.05) is 36.0 Å². The molecule has 156 valence electrons. The van der Waals surface area contributed by atoms with Gasteiger partial charge in [0, 0.05) is 40.0 Å². The summed E-state index contributed by atoms with van der Waals surface area (Å²) in [7, 11) is 1.72. The number of carbonyl (C=O) groups is 1. The molecule has 2 aliphatic rings. The lowest BCUT2D eigenvalue weighted by Crippen LogP contribution is -2.51. The minimum atomic E-state index is -0.887. The van der Waals surface area contributed by atoms with Crippen LogP contribution in [0.15, 0.2) is 47.5 Å². The van der Waals surface area contributed by atoms with Crippen molar-refractivity contribution in [1.29, 1.82) is 0 Å². The third kappa shape index (κ3) is 4.44. The van der Waals surface area contributed by atoms with Crippen molar-refractivity contribution in [2.24, 2.45) is 4.99 Å². The van der Waals surface area contributed by atoms with Crippen LogP contribution in [0.4, 0.5) is 5.69 Å². The number of hydrogen-bond acceptors (Lipinski definition) is 4. The van der Waals surface area contributed by atoms with Crippen LogP contribution in [0.5, 0.6) is 0 Å². The predicted octanol–water partition coefficient (Wildman–Crippen LogP) is 4.10. The van der Waals surface area contributed by atoms with Crippen LogP contribution in [0.2, 0.25) is 10.0 Å². The minimum absolute atomic E-state index is 0.217. The van der Waals surface area contributed by atoms with E-state index < -0.39 is 6.17 Å². The van der Waals surface area contributed by atoms with Gasteiger partial charge in [0.2, 0.25) is 6.17 Å². The maximum absolute atomic E-state index is 13.2. The second-order valence-corrected chi connectivity index (χ2v) is 9.50. The monoisotopic (exact) mass is 478 g/mol. The van der Waals surface area contributed by atoms with Gasteiger partial charge in [-0.05, 0) is 48.7 Å². The van der Waals surface area contributed by atoms with E-state index in [0.717, 1.165) is 29.1 Å². The molecule has 9 heteroatoms. The summed E-state index contributed by atoms with van der Waals surface area (Å²) >= 11 is 20.1. The summed E-state index contributed by atoms with van der Waals surface area (Å²) in [5, 5.41) is 7.89. The number of benzene rings is 2. The second-order valence-electron chi connectivity index (χ2n) is 7.10. The van der Waals surface area contributed by atoms with Gasteiger partial charge in [0.25, 0.3) is 5.91 Å². The first-order chi connectivity index (χ1) is 14.4. The number of anilines is 1. The molecule has 2 aromatic rings. The van der Waals surface area contributed by atoms with E-state index in [-0.39, 0.29) is 5.91 Å². The van der Waals surface area contributed by atoms with Crippen molar-refractivity contribution < 1.29 is 4.79 Å². The fourth-order valence-corrected chi connectivity index (χ4v) is 5.34. The van der Waals surface area contributed by atoms with Crippen LogP contribution in [-0.4, -0.2) is 47.5 Å². The molecule has 0 aliphatic carbocycles. The molecule has 30 heavy (non-hydrogen) atoms. The molecule has 0 radical (unpaired) electrons. The number of nitrogens with zero attached hydrogens (tertiary/aromatic N) is 2. The molecule has 0 aromatic heterocycles. The summed E-state index contributed by atoms with van der Waals surface area (Å²) in [6.45, 7) is 0. The Morgan fingerprint density at radius 1 is 1.20 bits per heavy atom. The molecule has 2 unspecified atom stereocenters. The first-order valence-corrected chi connectivity index (χ1v) is 11.8. The summed E-state index contributed by atoms with van der Waals surface area (Å²) in [4.78, 5) is 19.6. The molecule has 2 atom stereocenters. The standard InChI is InChI=1S/C21H20Cl2N4OS2/c1-27-17-7-6-12(22)10-15(17)18(14-4-2-3-5-16(14)23)25-19(20(27)28)26-21(29)24-13-8-9-30-11-13/h2-7,10,13,19H,8-9,11H2,1H3,(H2,24,26,29). The molecular weight excluding hydrogens is 459 g/mol. The molecule has 2 N–H and O–H groups in total. The van der Waals surface area contributed by atoms with Crippen molar-refractivity contribution in [3.63, 3.8) is 0 Å². The van der Waals surface area contributed by atoms with Crippen LogP contribution < -0.4 is 15.5 Å². The van der Waals surface area contributed by atoms with Crippen LogP contribution in [0.25, 0.3) is 0 Å². The lowest BCUT2D eigenvalue weighted by atomic mass is 10.00. The Balaban J connectivity index is 1.75. The normalized spacial score (nSPS) is 21.0. The van der Waals surface area contributed by atoms with Gasteiger partial charge in [0.05, 0.1) is 11.4 Å². The lowest BCUT2D eigenvalue weighted by molar-refractivity contribution is -0.119. The van der Waals surface area contributed by atoms with Crippen LogP contribution in [0.1, 0.15) is 17.5 Å². The maximum Gasteiger partial charge on any atom is 0.272 e. The van der Waals surface area contributed by atoms with E-state index >= 15 is 0 Å². The van der Waals surface area contributed by atoms with Gasteiger partial charge in [-0.2, -0.15) is 11.8 Å². The maximum atomic E-state index is 13.2. The number of fused-ring (bicyclic) bond motifs is 1. The number of carbonyl (C=O) groups excluding carboxylic acids is 1. The number of hydrogen-bond donors (Lipinski definition) is 2. The quantitative estimate of drug-likeness (QED) is 0.650. The fraction of sp³-hybridized carbons (Fsp3) is 0.286. The van der Waals surface area contributed by atoms with Gasteiger partial charge >= 0.3 is 0 Å². The fourth-order valence-electron chi connectivity index (χ4n) is 3.51. The molecule has 5 nitrogen and oxygen atoms in total. The van der Waals surface area contributed by atoms with Crippen molar-refractivity contribution in [2.45, 2.75) is 18.6 Å². The molecule has 1 fully saturated rings. The van der Waals surface area contributed by atoms with Gasteiger partial charge in [-0.1, -0.05) is 41.4 Å². The predicted molar refractivity (Wildman–Crippen MR) is 130 cm³/mol. The number of thiocarbonyl (C=S) groups is 1. The zero-order valence-corrected chi connectivity index (χ0v) is 19.3. The Bertz CT molecular complexity index is 1020. The van der Waals surface area contributed by atoms with Gasteiger partial charge in [-0.25, -0.2) is 4.99 Å². The molecule has 2 heterocycles. The van der Waals surface area contributed by atoms with Gasteiger partial charge in [0.1, 0.15) is 0 Å². The van der Waals surface area contributed by atoms with Gasteiger partial charge in [0.15, 0.2) is 5.11 Å². The highest BCUT2D eigenvalue weighted by Gasteiger charge is 2.31. The van der Waals surface area contributed by atoms with E-state index in [4.69, 9.17) is 40.4 Å². The van der Waals surface area contributed by atoms with Crippen LogP contribution >= 0.6 is 47.2 Å². The molecule has 0 bridgehead atoms. The zero-order chi connectivity index (χ0) is 21.3. The summed E-state index contributed by atoms with van der Waals surface area (Å²) < 4.78 is 0. The van der Waals surface area contributed by atoms with Gasteiger partial charge in [-0.3, -0.25) is 4.79 Å². The van der Waals surface area contributed by atoms with Crippen molar-refractivity contribution in [2.75, 3.05) is 23.5 Å². The molecular formula is C21H20Cl2N4OS2. The minimum Gasteiger partial charge on any atom is -0.359 e. The number of thioether (sulfide) groups is 1. The summed E-state index contributed by atoms with van der Waals surface area (Å²) in [6.07, 6.45) is 0.157. The van der Waals surface area contributed by atoms with Crippen molar-refractivity contribution in [3.05, 3.63) is 63.6 Å². The highest BCUT2D eigenvalue weighted by atomic mass is 35.5. The number of likely N-dealkylation sites (N-methyl/N-ethyl adjacent to an activating group) is 1. The largest absolute Gasteiger partial charge is 0.359 e. The van der Waals surface area contributed by atoms with Crippen molar-refractivity contribution in [1.82, 2.24) is 10.6 Å². The molecule has 1 amide bonds. The average molecular weight is 479 g/mol. The summed E-state index contributed by atoms with van der Waals surface area (Å²) in [6, 6.07) is 13.1. The molecule has 1 saturated heterocycles. The van der Waals surface area contributed by atoms with Crippen molar-refractivity contribution >= 4 is 69.6 Å². The SMILES string of the molecule is CN1C(=O)C(NC(=S)NC2CCSC2)N=C(c2ccccc2Cl)c2cc(Cl)ccc21. The van der Waals surface area contributed by atoms with Crippen LogP contribution in [0, 0.1) is 0 Å². The van der Waals surface area contributed by atoms with Crippen molar-refractivity contribution in [3.8, 4) is 0 Å². The molecule has 0 saturated carbocycles. The van der Waals surface area contributed by atoms with Crippen LogP contribution in [0.3, 0.4) is 0 Å². The number of rotatable bonds is 3. The second kappa shape index (κ2) is 9.14. The Morgan fingerprint density at radius 3 is 2.73 bits per heavy atom. The highest BCUT2D eigenvalue weighted by molar-refractivity contribution is 7.99. The Morgan fingerprint density at radius 2 is 2.00 bits per heavy atom. The smallest absolute Gasteiger partial charge is 0.272 e. The number of benzodiazepines with no additional fused rings is 1. The topological polar surface area (TPSA) is 56.7 Å². The van der Waals surface area contributed by atoms with E-state index in [2.05, 4.69) is 10.6 Å². The number of amides is 1. The third-order valence-corrected chi connectivity index (χ3v) is 7.02.